The monoisotopic (exact) mass is 215 g/mol. The second-order valence-corrected chi connectivity index (χ2v) is 3.56. The molecule has 0 aliphatic carbocycles. The van der Waals surface area contributed by atoms with E-state index in [1.807, 2.05) is 11.4 Å². The molecule has 0 bridgehead atoms. The molecule has 50 valence electrons. The predicted octanol–water partition coefficient (Wildman–Crippen LogP) is 3.66. The summed E-state index contributed by atoms with van der Waals surface area (Å²) in [6.07, 6.45) is 0. The van der Waals surface area contributed by atoms with Gasteiger partial charge in [-0.3, -0.25) is 0 Å². The van der Waals surface area contributed by atoms with Gasteiger partial charge in [-0.1, -0.05) is 15.9 Å². The highest BCUT2D eigenvalue weighted by molar-refractivity contribution is 9.10. The van der Waals surface area contributed by atoms with E-state index in [1.54, 1.807) is 0 Å². The molecule has 2 aromatic rings. The third-order valence-corrected chi connectivity index (χ3v) is 2.42. The standard InChI is InChI=1S/C8H5BrS/c9-7-1-2-8-6(5-7)3-4-10-8/h1-5H/i1D,2D,5D. The van der Waals surface area contributed by atoms with Crippen LogP contribution in [0, 0.1) is 0 Å². The van der Waals surface area contributed by atoms with Crippen molar-refractivity contribution < 1.29 is 4.11 Å². The van der Waals surface area contributed by atoms with Crippen LogP contribution in [0.25, 0.3) is 10.1 Å². The molecule has 1 heterocycles. The number of benzene rings is 1. The quantitative estimate of drug-likeness (QED) is 0.630. The first-order chi connectivity index (χ1) is 6.13. The number of hydrogen-bond acceptors (Lipinski definition) is 1. The van der Waals surface area contributed by atoms with Crippen LogP contribution < -0.4 is 0 Å². The highest BCUT2D eigenvalue weighted by atomic mass is 79.9. The molecule has 0 saturated heterocycles. The van der Waals surface area contributed by atoms with Gasteiger partial charge in [0.05, 0.1) is 4.11 Å². The molecule has 1 aromatic heterocycles. The number of thiophene rings is 1. The smallest absolute Gasteiger partial charge is 0.0641 e. The van der Waals surface area contributed by atoms with Crippen LogP contribution in [0.1, 0.15) is 4.11 Å². The van der Waals surface area contributed by atoms with Gasteiger partial charge in [0.25, 0.3) is 0 Å². The lowest BCUT2D eigenvalue weighted by Crippen LogP contribution is -1.61. The minimum absolute atomic E-state index is 0.0972. The Balaban J connectivity index is 3.02. The molecule has 0 nitrogen and oxygen atoms in total. The zero-order valence-corrected chi connectivity index (χ0v) is 7.34. The summed E-state index contributed by atoms with van der Waals surface area (Å²) in [4.78, 5) is 0. The van der Waals surface area contributed by atoms with Crippen molar-refractivity contribution in [2.45, 2.75) is 0 Å². The van der Waals surface area contributed by atoms with Crippen LogP contribution in [0.5, 0.6) is 0 Å². The van der Waals surface area contributed by atoms with Crippen LogP contribution in [-0.4, -0.2) is 0 Å². The number of fused-ring (bicyclic) bond motifs is 1. The first-order valence-corrected chi connectivity index (χ1v) is 4.42. The fourth-order valence-electron chi connectivity index (χ4n) is 0.766. The summed E-state index contributed by atoms with van der Waals surface area (Å²) in [7, 11) is 0. The number of rotatable bonds is 0. The summed E-state index contributed by atoms with van der Waals surface area (Å²) in [5, 5.41) is 2.59. The van der Waals surface area contributed by atoms with E-state index in [4.69, 9.17) is 4.11 Å². The van der Waals surface area contributed by atoms with E-state index >= 15 is 0 Å². The minimum Gasteiger partial charge on any atom is -0.144 e. The Morgan fingerprint density at radius 3 is 3.30 bits per heavy atom. The maximum absolute atomic E-state index is 7.70. The Morgan fingerprint density at radius 1 is 1.50 bits per heavy atom. The largest absolute Gasteiger partial charge is 0.144 e. The number of hydrogen-bond donors (Lipinski definition) is 0. The van der Waals surface area contributed by atoms with Crippen molar-refractivity contribution in [2.75, 3.05) is 0 Å². The molecule has 0 aliphatic heterocycles. The van der Waals surface area contributed by atoms with E-state index in [1.165, 1.54) is 11.3 Å². The molecule has 0 unspecified atom stereocenters. The third-order valence-electron chi connectivity index (χ3n) is 1.20. The lowest BCUT2D eigenvalue weighted by molar-refractivity contribution is 1.77. The Hall–Kier alpha value is -0.340. The van der Waals surface area contributed by atoms with Gasteiger partial charge in [0, 0.05) is 9.17 Å². The van der Waals surface area contributed by atoms with Crippen molar-refractivity contribution in [3.05, 3.63) is 34.0 Å². The average Bonchev–Trinajstić information content (AvgIpc) is 2.59. The minimum atomic E-state index is 0.0972. The summed E-state index contributed by atoms with van der Waals surface area (Å²) in [6, 6.07) is 2.41. The topological polar surface area (TPSA) is 0 Å². The molecule has 10 heavy (non-hydrogen) atoms. The van der Waals surface area contributed by atoms with Gasteiger partial charge in [0.2, 0.25) is 0 Å². The lowest BCUT2D eigenvalue weighted by atomic mass is 10.3. The molecule has 0 radical (unpaired) electrons. The van der Waals surface area contributed by atoms with Crippen LogP contribution in [-0.2, 0) is 0 Å². The van der Waals surface area contributed by atoms with Crippen molar-refractivity contribution in [1.82, 2.24) is 0 Å². The van der Waals surface area contributed by atoms with E-state index in [2.05, 4.69) is 15.9 Å². The average molecular weight is 216 g/mol. The Bertz CT molecular complexity index is 436. The molecule has 0 N–H and O–H groups in total. The SMILES string of the molecule is [2H]c1c(Br)c([2H])c2ccsc2c1[2H]. The first kappa shape index (κ1) is 3.88. The van der Waals surface area contributed by atoms with Gasteiger partial charge >= 0.3 is 0 Å². The van der Waals surface area contributed by atoms with Gasteiger partial charge in [-0.05, 0) is 35.0 Å². The maximum atomic E-state index is 7.70. The molecule has 0 amide bonds. The zero-order valence-electron chi connectivity index (χ0n) is 7.94. The molecular formula is C8H5BrS. The predicted molar refractivity (Wildman–Crippen MR) is 49.5 cm³/mol. The molecule has 0 fully saturated rings. The molecule has 0 aliphatic rings. The zero-order chi connectivity index (χ0) is 9.59. The summed E-state index contributed by atoms with van der Waals surface area (Å²) in [5.74, 6) is 0. The van der Waals surface area contributed by atoms with Crippen LogP contribution in [0.15, 0.2) is 34.0 Å². The van der Waals surface area contributed by atoms with E-state index in [9.17, 15) is 0 Å². The maximum Gasteiger partial charge on any atom is 0.0641 e. The highest BCUT2D eigenvalue weighted by Gasteiger charge is 1.92. The van der Waals surface area contributed by atoms with Crippen LogP contribution in [0.2, 0.25) is 0 Å². The normalized spacial score (nSPS) is 14.7. The number of halogens is 1. The molecule has 0 atom stereocenters. The lowest BCUT2D eigenvalue weighted by Gasteiger charge is -1.88. The molecule has 0 saturated carbocycles. The first-order valence-electron chi connectivity index (χ1n) is 4.25. The summed E-state index contributed by atoms with van der Waals surface area (Å²) in [5.41, 5.74) is 0. The van der Waals surface area contributed by atoms with Crippen molar-refractivity contribution in [3.8, 4) is 0 Å². The Labute approximate surface area is 75.8 Å². The van der Waals surface area contributed by atoms with Crippen molar-refractivity contribution in [2.24, 2.45) is 0 Å². The molecular weight excluding hydrogens is 208 g/mol. The van der Waals surface area contributed by atoms with Crippen molar-refractivity contribution in [3.63, 3.8) is 0 Å². The van der Waals surface area contributed by atoms with Gasteiger partial charge in [-0.25, -0.2) is 0 Å². The van der Waals surface area contributed by atoms with Crippen molar-refractivity contribution in [1.29, 1.82) is 0 Å². The summed E-state index contributed by atoms with van der Waals surface area (Å²) >= 11 is 4.55. The van der Waals surface area contributed by atoms with Crippen LogP contribution in [0.3, 0.4) is 0 Å². The Morgan fingerprint density at radius 2 is 2.40 bits per heavy atom. The van der Waals surface area contributed by atoms with Gasteiger partial charge in [-0.15, -0.1) is 11.3 Å². The van der Waals surface area contributed by atoms with Gasteiger partial charge < -0.3 is 0 Å². The van der Waals surface area contributed by atoms with Crippen LogP contribution in [0.4, 0.5) is 0 Å². The van der Waals surface area contributed by atoms with E-state index in [0.29, 0.717) is 10.5 Å². The van der Waals surface area contributed by atoms with Gasteiger partial charge in [-0.2, -0.15) is 0 Å². The van der Waals surface area contributed by atoms with Gasteiger partial charge in [0.15, 0.2) is 0 Å². The van der Waals surface area contributed by atoms with E-state index in [0.717, 1.165) is 10.1 Å². The molecule has 2 rings (SSSR count). The Kier molecular flexibility index (Phi) is 0.918. The molecule has 2 heteroatoms. The second-order valence-electron chi connectivity index (χ2n) is 1.85. The third kappa shape index (κ3) is 0.976. The summed E-state index contributed by atoms with van der Waals surface area (Å²) < 4.78 is 24.0. The second kappa shape index (κ2) is 2.36. The fourth-order valence-corrected chi connectivity index (χ4v) is 1.77. The highest BCUT2D eigenvalue weighted by Crippen LogP contribution is 2.23. The summed E-state index contributed by atoms with van der Waals surface area (Å²) in [6.45, 7) is 0. The van der Waals surface area contributed by atoms with Crippen molar-refractivity contribution >= 4 is 37.4 Å². The van der Waals surface area contributed by atoms with E-state index < -0.39 is 0 Å². The molecule has 0 spiro atoms. The fraction of sp³-hybridized carbons (Fsp3) is 0. The van der Waals surface area contributed by atoms with Crippen LogP contribution >= 0.6 is 27.3 Å². The van der Waals surface area contributed by atoms with Gasteiger partial charge in [0.1, 0.15) is 0 Å². The van der Waals surface area contributed by atoms with E-state index in [-0.39, 0.29) is 12.1 Å². The molecule has 1 aromatic carbocycles.